The minimum absolute atomic E-state index is 0.234. The van der Waals surface area contributed by atoms with Gasteiger partial charge in [-0.05, 0) is 33.8 Å². The number of hydrogen-bond acceptors (Lipinski definition) is 8. The maximum atomic E-state index is 11.1. The van der Waals surface area contributed by atoms with Gasteiger partial charge in [0.15, 0.2) is 11.9 Å². The van der Waals surface area contributed by atoms with Crippen LogP contribution < -0.4 is 14.7 Å². The second-order valence-corrected chi connectivity index (χ2v) is 9.42. The highest BCUT2D eigenvalue weighted by Gasteiger charge is 2.47. The molecular formula is C23H37N8O+. The van der Waals surface area contributed by atoms with Gasteiger partial charge in [-0.1, -0.05) is 0 Å². The molecule has 0 bridgehead atoms. The van der Waals surface area contributed by atoms with E-state index in [-0.39, 0.29) is 12.1 Å². The summed E-state index contributed by atoms with van der Waals surface area (Å²) in [4.78, 5) is 23.1. The smallest absolute Gasteiger partial charge is 0.232 e. The first-order chi connectivity index (χ1) is 15.4. The quantitative estimate of drug-likeness (QED) is 0.647. The van der Waals surface area contributed by atoms with Crippen molar-refractivity contribution in [2.75, 3.05) is 50.7 Å². The van der Waals surface area contributed by atoms with Crippen LogP contribution in [0.15, 0.2) is 30.7 Å². The second-order valence-electron chi connectivity index (χ2n) is 9.42. The van der Waals surface area contributed by atoms with Crippen molar-refractivity contribution < 1.29 is 5.11 Å². The summed E-state index contributed by atoms with van der Waals surface area (Å²) in [5.41, 5.74) is 0. The van der Waals surface area contributed by atoms with Gasteiger partial charge < -0.3 is 15.3 Å². The number of quaternary nitrogens is 1. The van der Waals surface area contributed by atoms with Gasteiger partial charge in [0.2, 0.25) is 11.8 Å². The third kappa shape index (κ3) is 4.47. The van der Waals surface area contributed by atoms with Crippen molar-refractivity contribution in [3.63, 3.8) is 0 Å². The first-order valence-electron chi connectivity index (χ1n) is 11.8. The molecule has 2 N–H and O–H groups in total. The van der Waals surface area contributed by atoms with E-state index in [9.17, 15) is 5.11 Å². The Labute approximate surface area is 191 Å². The molecule has 0 aliphatic carbocycles. The van der Waals surface area contributed by atoms with Gasteiger partial charge in [-0.3, -0.25) is 9.38 Å². The van der Waals surface area contributed by atoms with Crippen molar-refractivity contribution in [2.45, 2.75) is 51.9 Å². The first kappa shape index (κ1) is 23.0. The highest BCUT2D eigenvalue weighted by Crippen LogP contribution is 2.34. The number of piperazine rings is 2. The molecule has 4 heterocycles. The molecule has 2 saturated heterocycles. The van der Waals surface area contributed by atoms with Crippen LogP contribution in [-0.4, -0.2) is 93.9 Å². The first-order valence-corrected chi connectivity index (χ1v) is 11.8. The zero-order chi connectivity index (χ0) is 22.7. The van der Waals surface area contributed by atoms with E-state index in [2.05, 4.69) is 57.8 Å². The highest BCUT2D eigenvalue weighted by atomic mass is 16.3. The van der Waals surface area contributed by atoms with Gasteiger partial charge in [0.1, 0.15) is 18.6 Å². The minimum Gasteiger partial charge on any atom is -0.379 e. The maximum Gasteiger partial charge on any atom is 0.232 e. The largest absolute Gasteiger partial charge is 0.379 e. The molecule has 2 aromatic heterocycles. The van der Waals surface area contributed by atoms with Gasteiger partial charge in [0, 0.05) is 70.0 Å². The van der Waals surface area contributed by atoms with Crippen LogP contribution in [0.3, 0.4) is 0 Å². The molecule has 9 nitrogen and oxygen atoms in total. The summed E-state index contributed by atoms with van der Waals surface area (Å²) >= 11 is 0. The van der Waals surface area contributed by atoms with Crippen molar-refractivity contribution in [1.29, 1.82) is 0 Å². The number of anilines is 1. The fraction of sp³-hybridized carbons (Fsp3) is 0.652. The zero-order valence-electron chi connectivity index (χ0n) is 19.7. The van der Waals surface area contributed by atoms with Gasteiger partial charge >= 0.3 is 0 Å². The highest BCUT2D eigenvalue weighted by molar-refractivity contribution is 5.44. The number of nitrogens with one attached hydrogen (secondary N) is 1. The van der Waals surface area contributed by atoms with E-state index in [0.717, 1.165) is 51.0 Å². The van der Waals surface area contributed by atoms with Gasteiger partial charge in [0.25, 0.3) is 0 Å². The molecule has 1 unspecified atom stereocenters. The van der Waals surface area contributed by atoms with Crippen LogP contribution in [0, 0.1) is 0 Å². The van der Waals surface area contributed by atoms with Crippen molar-refractivity contribution in [3.8, 4) is 0 Å². The molecule has 2 aliphatic heterocycles. The average Bonchev–Trinajstić information content (AvgIpc) is 2.82. The van der Waals surface area contributed by atoms with Crippen molar-refractivity contribution in [2.24, 2.45) is 0 Å². The minimum atomic E-state index is -0.771. The maximum absolute atomic E-state index is 11.1. The van der Waals surface area contributed by atoms with E-state index in [4.69, 9.17) is 4.98 Å². The van der Waals surface area contributed by atoms with Crippen molar-refractivity contribution in [1.82, 2.24) is 34.6 Å². The average molecular weight is 442 g/mol. The Morgan fingerprint density at radius 2 is 1.69 bits per heavy atom. The predicted octanol–water partition coefficient (Wildman–Crippen LogP) is 1.22. The fourth-order valence-corrected chi connectivity index (χ4v) is 5.18. The molecule has 0 saturated carbocycles. The number of aliphatic hydroxyl groups is 1. The van der Waals surface area contributed by atoms with E-state index < -0.39 is 6.10 Å². The Balaban J connectivity index is 1.64. The van der Waals surface area contributed by atoms with Crippen LogP contribution in [0.4, 0.5) is 11.8 Å². The predicted molar refractivity (Wildman–Crippen MR) is 126 cm³/mol. The summed E-state index contributed by atoms with van der Waals surface area (Å²) in [5.74, 6) is 2.20. The Morgan fingerprint density at radius 1 is 1.03 bits per heavy atom. The molecular weight excluding hydrogens is 404 g/mol. The molecule has 4 atom stereocenters. The summed E-state index contributed by atoms with van der Waals surface area (Å²) < 4.78 is 0.577. The van der Waals surface area contributed by atoms with Crippen LogP contribution in [-0.2, 0) is 0 Å². The lowest BCUT2D eigenvalue weighted by molar-refractivity contribution is 0.0468. The normalized spacial score (nSPS) is 28.1. The summed E-state index contributed by atoms with van der Waals surface area (Å²) in [6, 6.07) is 4.81. The van der Waals surface area contributed by atoms with Crippen molar-refractivity contribution in [3.05, 3.63) is 36.5 Å². The van der Waals surface area contributed by atoms with E-state index in [1.165, 1.54) is 0 Å². The molecule has 0 radical (unpaired) electrons. The molecule has 0 spiro atoms. The lowest BCUT2D eigenvalue weighted by atomic mass is 10.0. The SMILES string of the molecule is CC(C)N1CCN(c2nccc([N+]3(C[C@@H](O)c4ncccn4)[C@H](C)CNC[C@@H]3C)n2)CC1. The molecule has 32 heavy (non-hydrogen) atoms. The van der Waals surface area contributed by atoms with E-state index in [1.807, 2.05) is 12.3 Å². The van der Waals surface area contributed by atoms with Gasteiger partial charge in [-0.25, -0.2) is 15.0 Å². The molecule has 2 aliphatic rings. The topological polar surface area (TPSA) is 90.3 Å². The van der Waals surface area contributed by atoms with Crippen LogP contribution >= 0.6 is 0 Å². The molecule has 174 valence electrons. The van der Waals surface area contributed by atoms with Gasteiger partial charge in [-0.15, -0.1) is 0 Å². The lowest BCUT2D eigenvalue weighted by Crippen LogP contribution is -2.71. The fourth-order valence-electron chi connectivity index (χ4n) is 5.18. The van der Waals surface area contributed by atoms with Crippen LogP contribution in [0.1, 0.15) is 39.6 Å². The van der Waals surface area contributed by atoms with Crippen molar-refractivity contribution >= 4 is 11.8 Å². The standard InChI is InChI=1S/C23H37N8O/c1-17(2)29-10-12-30(13-11-29)23-27-9-6-21(28-23)31(18(3)14-24-15-19(31)4)16-20(32)22-25-7-5-8-26-22/h5-9,17-20,24,32H,10-16H2,1-4H3/q+1/t18-,19+,20-,31?/m1/s1. The Kier molecular flexibility index (Phi) is 6.99. The molecule has 4 rings (SSSR count). The summed E-state index contributed by atoms with van der Waals surface area (Å²) in [7, 11) is 0. The zero-order valence-corrected chi connectivity index (χ0v) is 19.7. The summed E-state index contributed by atoms with van der Waals surface area (Å²) in [6.07, 6.45) is 4.46. The third-order valence-electron chi connectivity index (χ3n) is 7.19. The third-order valence-corrected chi connectivity index (χ3v) is 7.19. The summed E-state index contributed by atoms with van der Waals surface area (Å²) in [5, 5.41) is 14.6. The second kappa shape index (κ2) is 9.74. The molecule has 9 heteroatoms. The van der Waals surface area contributed by atoms with E-state index in [1.54, 1.807) is 18.5 Å². The van der Waals surface area contributed by atoms with E-state index >= 15 is 0 Å². The molecule has 0 aromatic carbocycles. The Bertz CT molecular complexity index is 861. The van der Waals surface area contributed by atoms with Crippen LogP contribution in [0.2, 0.25) is 0 Å². The monoisotopic (exact) mass is 441 g/mol. The van der Waals surface area contributed by atoms with Crippen LogP contribution in [0.25, 0.3) is 0 Å². The lowest BCUT2D eigenvalue weighted by Gasteiger charge is -2.50. The molecule has 2 aromatic rings. The summed E-state index contributed by atoms with van der Waals surface area (Å²) in [6.45, 7) is 15.0. The molecule has 2 fully saturated rings. The van der Waals surface area contributed by atoms with Gasteiger partial charge in [0.05, 0.1) is 0 Å². The van der Waals surface area contributed by atoms with Crippen LogP contribution in [0.5, 0.6) is 0 Å². The van der Waals surface area contributed by atoms with Gasteiger partial charge in [-0.2, -0.15) is 4.98 Å². The number of rotatable bonds is 6. The Hall–Kier alpha value is -2.20. The number of hydrogen-bond donors (Lipinski definition) is 2. The Morgan fingerprint density at radius 3 is 2.31 bits per heavy atom. The number of aliphatic hydroxyl groups excluding tert-OH is 1. The number of nitrogens with zero attached hydrogens (tertiary/aromatic N) is 7. The van der Waals surface area contributed by atoms with E-state index in [0.29, 0.717) is 22.9 Å². The molecule has 0 amide bonds. The number of aromatic nitrogens is 4.